The van der Waals surface area contributed by atoms with E-state index in [-0.39, 0.29) is 45.3 Å². The summed E-state index contributed by atoms with van der Waals surface area (Å²) < 4.78 is 78.2. The minimum absolute atomic E-state index is 0. The summed E-state index contributed by atoms with van der Waals surface area (Å²) in [6.07, 6.45) is -11.6. The first-order valence-corrected chi connectivity index (χ1v) is 8.35. The number of alkyl halides is 6. The summed E-state index contributed by atoms with van der Waals surface area (Å²) in [5.41, 5.74) is -0.553. The third-order valence-electron chi connectivity index (χ3n) is 4.63. The molecule has 1 heterocycles. The highest BCUT2D eigenvalue weighted by molar-refractivity contribution is 6.26. The maximum Gasteiger partial charge on any atom is 0.392 e. The van der Waals surface area contributed by atoms with Gasteiger partial charge in [-0.05, 0) is 0 Å². The van der Waals surface area contributed by atoms with Crippen LogP contribution in [0.2, 0.25) is 0 Å². The Morgan fingerprint density at radius 1 is 0.897 bits per heavy atom. The number of aromatic nitrogens is 2. The molecule has 0 bridgehead atoms. The Kier molecular flexibility index (Phi) is 6.32. The number of fused-ring (bicyclic) bond motifs is 2. The Balaban J connectivity index is 0.00000300. The molecule has 0 unspecified atom stereocenters. The zero-order chi connectivity index (χ0) is 20.9. The molecule has 29 heavy (non-hydrogen) atoms. The third kappa shape index (κ3) is 4.54. The molecule has 1 aromatic carbocycles. The molecule has 0 spiro atoms. The Morgan fingerprint density at radius 2 is 1.41 bits per heavy atom. The van der Waals surface area contributed by atoms with Gasteiger partial charge in [0.05, 0.1) is 25.9 Å². The lowest BCUT2D eigenvalue weighted by molar-refractivity contribution is -0.707. The van der Waals surface area contributed by atoms with Crippen LogP contribution in [0.1, 0.15) is 50.8 Å². The van der Waals surface area contributed by atoms with E-state index in [2.05, 4.69) is 0 Å². The van der Waals surface area contributed by atoms with Crippen molar-refractivity contribution in [1.82, 2.24) is 4.57 Å². The molecule has 0 fully saturated rings. The van der Waals surface area contributed by atoms with Crippen molar-refractivity contribution in [3.05, 3.63) is 52.6 Å². The zero-order valence-corrected chi connectivity index (χ0v) is 16.6. The second-order valence-corrected chi connectivity index (χ2v) is 6.48. The number of imidazole rings is 1. The number of carbonyl (C=O) groups is 2. The van der Waals surface area contributed by atoms with Gasteiger partial charge in [-0.25, -0.2) is 9.13 Å². The zero-order valence-electron chi connectivity index (χ0n) is 15.0. The van der Waals surface area contributed by atoms with Crippen LogP contribution in [-0.2, 0) is 13.1 Å². The third-order valence-corrected chi connectivity index (χ3v) is 4.63. The standard InChI is InChI=1S/C18H15F6N2O2.BrH/c1-10-25(8-6-17(19,20)21)13-14(26(10)9-7-18(22,23)24)16(28)12-5-3-2-4-11(12)15(13)27;/h2-5H,6-9H2,1H3;1H/q+1;/p-1. The van der Waals surface area contributed by atoms with Crippen LogP contribution in [0.25, 0.3) is 0 Å². The fraction of sp³-hybridized carbons (Fsp3) is 0.389. The van der Waals surface area contributed by atoms with Gasteiger partial charge in [0.2, 0.25) is 23.0 Å². The molecule has 3 rings (SSSR count). The van der Waals surface area contributed by atoms with E-state index in [4.69, 9.17) is 0 Å². The van der Waals surface area contributed by atoms with E-state index < -0.39 is 49.9 Å². The predicted octanol–water partition coefficient (Wildman–Crippen LogP) is 0.768. The molecule has 1 aromatic heterocycles. The second-order valence-electron chi connectivity index (χ2n) is 6.48. The van der Waals surface area contributed by atoms with E-state index in [0.29, 0.717) is 0 Å². The van der Waals surface area contributed by atoms with E-state index in [1.807, 2.05) is 0 Å². The molecule has 11 heteroatoms. The molecule has 0 saturated heterocycles. The van der Waals surface area contributed by atoms with E-state index in [1.165, 1.54) is 31.2 Å². The van der Waals surface area contributed by atoms with Crippen molar-refractivity contribution < 1.29 is 57.5 Å². The summed E-state index contributed by atoms with van der Waals surface area (Å²) in [4.78, 5) is 25.8. The number of hydrogen-bond donors (Lipinski definition) is 0. The minimum atomic E-state index is -4.53. The van der Waals surface area contributed by atoms with Crippen LogP contribution in [0.5, 0.6) is 0 Å². The van der Waals surface area contributed by atoms with Crippen molar-refractivity contribution in [1.29, 1.82) is 0 Å². The first-order valence-electron chi connectivity index (χ1n) is 8.35. The van der Waals surface area contributed by atoms with Gasteiger partial charge < -0.3 is 17.0 Å². The molecule has 0 atom stereocenters. The van der Waals surface area contributed by atoms with Crippen LogP contribution in [0, 0.1) is 6.92 Å². The SMILES string of the molecule is Cc1n(CCC(F)(F)F)c2c([n+]1CCC(F)(F)F)C(=O)c1ccccc1C2=O.[Br-]. The van der Waals surface area contributed by atoms with Crippen molar-refractivity contribution in [3.8, 4) is 0 Å². The molecule has 158 valence electrons. The summed E-state index contributed by atoms with van der Waals surface area (Å²) >= 11 is 0. The molecule has 1 aliphatic carbocycles. The maximum atomic E-state index is 12.9. The summed E-state index contributed by atoms with van der Waals surface area (Å²) in [6, 6.07) is 5.75. The van der Waals surface area contributed by atoms with Gasteiger partial charge in [-0.2, -0.15) is 26.3 Å². The minimum Gasteiger partial charge on any atom is -1.00 e. The van der Waals surface area contributed by atoms with Gasteiger partial charge in [-0.3, -0.25) is 9.59 Å². The normalized spacial score (nSPS) is 13.8. The topological polar surface area (TPSA) is 43.0 Å². The highest BCUT2D eigenvalue weighted by Gasteiger charge is 2.44. The molecule has 0 amide bonds. The Hall–Kier alpha value is -2.17. The summed E-state index contributed by atoms with van der Waals surface area (Å²) in [5.74, 6) is -1.37. The van der Waals surface area contributed by atoms with Crippen LogP contribution in [0.4, 0.5) is 26.3 Å². The molecule has 0 radical (unpaired) electrons. The Bertz CT molecular complexity index is 888. The molecule has 4 nitrogen and oxygen atoms in total. The van der Waals surface area contributed by atoms with Crippen LogP contribution in [-0.4, -0.2) is 28.5 Å². The first-order chi connectivity index (χ1) is 12.9. The first kappa shape index (κ1) is 23.1. The summed E-state index contributed by atoms with van der Waals surface area (Å²) in [5, 5.41) is 0. The average molecular weight is 485 g/mol. The van der Waals surface area contributed by atoms with Crippen molar-refractivity contribution in [3.63, 3.8) is 0 Å². The van der Waals surface area contributed by atoms with E-state index in [9.17, 15) is 35.9 Å². The van der Waals surface area contributed by atoms with Crippen molar-refractivity contribution in [2.24, 2.45) is 0 Å². The quantitative estimate of drug-likeness (QED) is 0.405. The number of halogens is 7. The summed E-state index contributed by atoms with van der Waals surface area (Å²) in [6.45, 7) is -0.0357. The maximum absolute atomic E-state index is 12.9. The highest BCUT2D eigenvalue weighted by atomic mass is 79.9. The average Bonchev–Trinajstić information content (AvgIpc) is 2.87. The van der Waals surface area contributed by atoms with E-state index in [0.717, 1.165) is 9.13 Å². The van der Waals surface area contributed by atoms with E-state index in [1.54, 1.807) is 0 Å². The number of ketones is 2. The monoisotopic (exact) mass is 484 g/mol. The van der Waals surface area contributed by atoms with Gasteiger partial charge in [0.15, 0.2) is 0 Å². The number of rotatable bonds is 4. The number of nitrogens with zero attached hydrogens (tertiary/aromatic N) is 2. The molecule has 0 N–H and O–H groups in total. The number of hydrogen-bond acceptors (Lipinski definition) is 2. The van der Waals surface area contributed by atoms with Gasteiger partial charge >= 0.3 is 12.4 Å². The molecule has 2 aromatic rings. The lowest BCUT2D eigenvalue weighted by Crippen LogP contribution is -3.00. The number of carbonyl (C=O) groups excluding carboxylic acids is 2. The summed E-state index contributed by atoms with van der Waals surface area (Å²) in [7, 11) is 0. The lowest BCUT2D eigenvalue weighted by atomic mass is 9.90. The van der Waals surface area contributed by atoms with Crippen LogP contribution in [0.15, 0.2) is 24.3 Å². The Labute approximate surface area is 171 Å². The fourth-order valence-corrected chi connectivity index (χ4v) is 3.34. The van der Waals surface area contributed by atoms with Crippen LogP contribution in [0.3, 0.4) is 0 Å². The lowest BCUT2D eigenvalue weighted by Gasteiger charge is -2.13. The molecular formula is C18H15BrF6N2O2. The van der Waals surface area contributed by atoms with Gasteiger partial charge in [0, 0.05) is 18.1 Å². The Morgan fingerprint density at radius 3 is 1.93 bits per heavy atom. The molecule has 0 saturated carbocycles. The van der Waals surface area contributed by atoms with Crippen molar-refractivity contribution >= 4 is 11.6 Å². The predicted molar refractivity (Wildman–Crippen MR) is 84.0 cm³/mol. The molecule has 1 aliphatic rings. The van der Waals surface area contributed by atoms with E-state index >= 15 is 0 Å². The highest BCUT2D eigenvalue weighted by Crippen LogP contribution is 2.29. The van der Waals surface area contributed by atoms with Crippen LogP contribution >= 0.6 is 0 Å². The fourth-order valence-electron chi connectivity index (χ4n) is 3.34. The number of benzene rings is 1. The second kappa shape index (κ2) is 7.92. The van der Waals surface area contributed by atoms with Crippen LogP contribution < -0.4 is 21.5 Å². The smallest absolute Gasteiger partial charge is 0.392 e. The largest absolute Gasteiger partial charge is 1.00 e. The van der Waals surface area contributed by atoms with Gasteiger partial charge in [-0.1, -0.05) is 24.3 Å². The van der Waals surface area contributed by atoms with Crippen molar-refractivity contribution in [2.75, 3.05) is 0 Å². The van der Waals surface area contributed by atoms with Gasteiger partial charge in [0.25, 0.3) is 5.82 Å². The molecular weight excluding hydrogens is 470 g/mol. The van der Waals surface area contributed by atoms with Crippen molar-refractivity contribution in [2.45, 2.75) is 45.2 Å². The van der Waals surface area contributed by atoms with Gasteiger partial charge in [0.1, 0.15) is 0 Å². The van der Waals surface area contributed by atoms with Gasteiger partial charge in [-0.15, -0.1) is 0 Å². The molecule has 0 aliphatic heterocycles.